The first-order chi connectivity index (χ1) is 13.8. The lowest BCUT2D eigenvalue weighted by Crippen LogP contribution is -2.36. The molecule has 6 nitrogen and oxygen atoms in total. The van der Waals surface area contributed by atoms with Gasteiger partial charge in [0, 0.05) is 38.9 Å². The monoisotopic (exact) mass is 399 g/mol. The van der Waals surface area contributed by atoms with Gasteiger partial charge in [0.2, 0.25) is 6.41 Å². The first-order valence-electron chi connectivity index (χ1n) is 10.1. The summed E-state index contributed by atoms with van der Waals surface area (Å²) in [5.74, 6) is 1.47. The summed E-state index contributed by atoms with van der Waals surface area (Å²) >= 11 is 0. The quantitative estimate of drug-likeness (QED) is 0.424. The molecule has 0 saturated carbocycles. The van der Waals surface area contributed by atoms with Crippen LogP contribution in [0.25, 0.3) is 0 Å². The predicted molar refractivity (Wildman–Crippen MR) is 118 cm³/mol. The lowest BCUT2D eigenvalue weighted by molar-refractivity contribution is -0.118. The summed E-state index contributed by atoms with van der Waals surface area (Å²) in [7, 11) is 2.01. The number of carbonyl (C=O) groups excluding carboxylic acids is 1. The fraction of sp³-hybridized carbons (Fsp3) is 0.435. The van der Waals surface area contributed by atoms with E-state index in [0.29, 0.717) is 13.1 Å². The average Bonchev–Trinajstić information content (AvgIpc) is 2.70. The number of hydrogen-bond donors (Lipinski definition) is 2. The highest BCUT2D eigenvalue weighted by molar-refractivity contribution is 5.50. The molecule has 0 saturated heterocycles. The van der Waals surface area contributed by atoms with Gasteiger partial charge in [0.25, 0.3) is 0 Å². The normalized spacial score (nSPS) is 11.2. The van der Waals surface area contributed by atoms with Crippen molar-refractivity contribution < 1.29 is 14.6 Å². The van der Waals surface area contributed by atoms with Crippen molar-refractivity contribution in [1.82, 2.24) is 10.2 Å². The smallest absolute Gasteiger partial charge is 0.209 e. The highest BCUT2D eigenvalue weighted by atomic mass is 16.5. The molecule has 0 unspecified atom stereocenters. The van der Waals surface area contributed by atoms with Crippen LogP contribution in [0.5, 0.6) is 11.5 Å². The fourth-order valence-corrected chi connectivity index (χ4v) is 2.86. The van der Waals surface area contributed by atoms with Crippen LogP contribution < -0.4 is 15.0 Å². The molecule has 0 aliphatic heterocycles. The molecule has 1 amide bonds. The van der Waals surface area contributed by atoms with E-state index in [1.807, 2.05) is 55.6 Å². The van der Waals surface area contributed by atoms with Crippen molar-refractivity contribution in [3.05, 3.63) is 54.1 Å². The molecule has 0 atom stereocenters. The highest BCUT2D eigenvalue weighted by Gasteiger charge is 2.15. The standard InChI is InChI=1S/C23H33N3O3/c1-5-24-14-15-26(18-27)17-16-25(4)20-8-12-22(13-9-20)29-21-10-6-19(7-11-21)23(2,3)28/h6-13,18,24,28H,5,14-17H2,1-4H3. The Kier molecular flexibility index (Phi) is 8.49. The van der Waals surface area contributed by atoms with Gasteiger partial charge < -0.3 is 25.0 Å². The molecule has 29 heavy (non-hydrogen) atoms. The first-order valence-corrected chi connectivity index (χ1v) is 10.1. The molecule has 0 heterocycles. The van der Waals surface area contributed by atoms with Crippen LogP contribution in [-0.4, -0.2) is 56.2 Å². The van der Waals surface area contributed by atoms with Gasteiger partial charge in [-0.05, 0) is 62.4 Å². The molecule has 0 aliphatic rings. The number of carbonyl (C=O) groups is 1. The van der Waals surface area contributed by atoms with Crippen LogP contribution in [0, 0.1) is 0 Å². The number of nitrogens with one attached hydrogen (secondary N) is 1. The summed E-state index contributed by atoms with van der Waals surface area (Å²) in [5, 5.41) is 13.3. The van der Waals surface area contributed by atoms with E-state index in [1.54, 1.807) is 18.7 Å². The third-order valence-corrected chi connectivity index (χ3v) is 4.77. The van der Waals surface area contributed by atoms with E-state index in [-0.39, 0.29) is 0 Å². The molecule has 158 valence electrons. The van der Waals surface area contributed by atoms with Crippen molar-refractivity contribution in [2.24, 2.45) is 0 Å². The van der Waals surface area contributed by atoms with Gasteiger partial charge in [-0.3, -0.25) is 4.79 Å². The lowest BCUT2D eigenvalue weighted by atomic mass is 9.99. The van der Waals surface area contributed by atoms with E-state index in [2.05, 4.69) is 17.1 Å². The van der Waals surface area contributed by atoms with Gasteiger partial charge in [-0.2, -0.15) is 0 Å². The van der Waals surface area contributed by atoms with Crippen LogP contribution in [0.1, 0.15) is 26.3 Å². The van der Waals surface area contributed by atoms with E-state index >= 15 is 0 Å². The summed E-state index contributed by atoms with van der Waals surface area (Å²) in [4.78, 5) is 15.1. The molecular weight excluding hydrogens is 366 g/mol. The van der Waals surface area contributed by atoms with Crippen LogP contribution in [0.2, 0.25) is 0 Å². The first kappa shape index (κ1) is 22.7. The number of aliphatic hydroxyl groups is 1. The van der Waals surface area contributed by atoms with Crippen molar-refractivity contribution in [2.45, 2.75) is 26.4 Å². The van der Waals surface area contributed by atoms with Gasteiger partial charge in [0.15, 0.2) is 0 Å². The Hall–Kier alpha value is -2.57. The zero-order valence-electron chi connectivity index (χ0n) is 17.9. The molecule has 0 radical (unpaired) electrons. The number of anilines is 1. The molecule has 2 aromatic carbocycles. The van der Waals surface area contributed by atoms with E-state index in [1.165, 1.54) is 0 Å². The molecule has 0 fully saturated rings. The molecule has 2 N–H and O–H groups in total. The zero-order chi connectivity index (χ0) is 21.3. The van der Waals surface area contributed by atoms with Gasteiger partial charge in [-0.1, -0.05) is 19.1 Å². The van der Waals surface area contributed by atoms with E-state index in [4.69, 9.17) is 4.74 Å². The maximum Gasteiger partial charge on any atom is 0.209 e. The van der Waals surface area contributed by atoms with Crippen LogP contribution in [0.3, 0.4) is 0 Å². The van der Waals surface area contributed by atoms with Crippen molar-refractivity contribution in [3.8, 4) is 11.5 Å². The van der Waals surface area contributed by atoms with Crippen LogP contribution in [0.15, 0.2) is 48.5 Å². The SMILES string of the molecule is CCNCCN(C=O)CCN(C)c1ccc(Oc2ccc(C(C)(C)O)cc2)cc1. The van der Waals surface area contributed by atoms with E-state index < -0.39 is 5.60 Å². The van der Waals surface area contributed by atoms with Crippen molar-refractivity contribution >= 4 is 12.1 Å². The summed E-state index contributed by atoms with van der Waals surface area (Å²) < 4.78 is 5.89. The third-order valence-electron chi connectivity index (χ3n) is 4.77. The minimum Gasteiger partial charge on any atom is -0.457 e. The number of ether oxygens (including phenoxy) is 1. The molecule has 2 aromatic rings. The Balaban J connectivity index is 1.88. The third kappa shape index (κ3) is 7.40. The Labute approximate surface area is 174 Å². The topological polar surface area (TPSA) is 65.0 Å². The van der Waals surface area contributed by atoms with Crippen molar-refractivity contribution in [3.63, 3.8) is 0 Å². The molecule has 2 rings (SSSR count). The minimum atomic E-state index is -0.864. The summed E-state index contributed by atoms with van der Waals surface area (Å²) in [6, 6.07) is 15.3. The second-order valence-electron chi connectivity index (χ2n) is 7.60. The van der Waals surface area contributed by atoms with Crippen LogP contribution in [-0.2, 0) is 10.4 Å². The van der Waals surface area contributed by atoms with E-state index in [9.17, 15) is 9.90 Å². The van der Waals surface area contributed by atoms with Crippen molar-refractivity contribution in [2.75, 3.05) is 44.7 Å². The maximum absolute atomic E-state index is 11.2. The van der Waals surface area contributed by atoms with Gasteiger partial charge in [0.1, 0.15) is 11.5 Å². The molecule has 6 heteroatoms. The molecular formula is C23H33N3O3. The lowest BCUT2D eigenvalue weighted by Gasteiger charge is -2.24. The zero-order valence-corrected chi connectivity index (χ0v) is 17.9. The number of hydrogen-bond acceptors (Lipinski definition) is 5. The second-order valence-corrected chi connectivity index (χ2v) is 7.60. The van der Waals surface area contributed by atoms with Crippen LogP contribution in [0.4, 0.5) is 5.69 Å². The fourth-order valence-electron chi connectivity index (χ4n) is 2.86. The molecule has 0 spiro atoms. The van der Waals surface area contributed by atoms with Gasteiger partial charge >= 0.3 is 0 Å². The highest BCUT2D eigenvalue weighted by Crippen LogP contribution is 2.27. The Morgan fingerprint density at radius 3 is 2.10 bits per heavy atom. The Morgan fingerprint density at radius 1 is 1.00 bits per heavy atom. The number of rotatable bonds is 12. The Morgan fingerprint density at radius 2 is 1.59 bits per heavy atom. The molecule has 0 aromatic heterocycles. The number of benzene rings is 2. The summed E-state index contributed by atoms with van der Waals surface area (Å²) in [6.07, 6.45) is 0.908. The number of likely N-dealkylation sites (N-methyl/N-ethyl adjacent to an activating group) is 2. The summed E-state index contributed by atoms with van der Waals surface area (Å²) in [5.41, 5.74) is 1.04. The minimum absolute atomic E-state index is 0.678. The molecule has 0 bridgehead atoms. The van der Waals surface area contributed by atoms with Gasteiger partial charge in [0.05, 0.1) is 5.60 Å². The van der Waals surface area contributed by atoms with E-state index in [0.717, 1.165) is 48.8 Å². The maximum atomic E-state index is 11.2. The number of nitrogens with zero attached hydrogens (tertiary/aromatic N) is 2. The largest absolute Gasteiger partial charge is 0.457 e. The average molecular weight is 400 g/mol. The van der Waals surface area contributed by atoms with Crippen molar-refractivity contribution in [1.29, 1.82) is 0 Å². The number of amides is 1. The molecule has 0 aliphatic carbocycles. The second kappa shape index (κ2) is 10.8. The summed E-state index contributed by atoms with van der Waals surface area (Å²) in [6.45, 7) is 9.43. The van der Waals surface area contributed by atoms with Crippen LogP contribution >= 0.6 is 0 Å². The Bertz CT molecular complexity index is 739. The van der Waals surface area contributed by atoms with Gasteiger partial charge in [-0.25, -0.2) is 0 Å². The predicted octanol–water partition coefficient (Wildman–Crippen LogP) is 3.21. The van der Waals surface area contributed by atoms with Gasteiger partial charge in [-0.15, -0.1) is 0 Å².